The summed E-state index contributed by atoms with van der Waals surface area (Å²) in [5.41, 5.74) is 0.945. The van der Waals surface area contributed by atoms with Crippen LogP contribution in [-0.4, -0.2) is 26.8 Å². The van der Waals surface area contributed by atoms with Crippen LogP contribution >= 0.6 is 0 Å². The zero-order chi connectivity index (χ0) is 16.8. The van der Waals surface area contributed by atoms with Crippen LogP contribution in [0.1, 0.15) is 12.7 Å². The van der Waals surface area contributed by atoms with Crippen LogP contribution in [0.2, 0.25) is 0 Å². The van der Waals surface area contributed by atoms with Crippen LogP contribution in [0.5, 0.6) is 5.75 Å². The molecule has 1 aromatic heterocycles. The molecule has 0 fully saturated rings. The van der Waals surface area contributed by atoms with Gasteiger partial charge in [-0.05, 0) is 31.2 Å². The van der Waals surface area contributed by atoms with Crippen molar-refractivity contribution in [3.63, 3.8) is 0 Å². The molecule has 0 radical (unpaired) electrons. The molecule has 0 aliphatic rings. The maximum atomic E-state index is 12.2. The standard InChI is InChI=1S/C18H18N4O2/c1-14(24-16-10-6-3-7-11-16)18(23)19-12-17-21-20-13-22(17)15-8-4-2-5-9-15/h2-11,13-14H,12H2,1H3,(H,19,23)/t14-/m0/s1. The maximum absolute atomic E-state index is 12.2. The number of ether oxygens (including phenoxy) is 1. The summed E-state index contributed by atoms with van der Waals surface area (Å²) in [5.74, 6) is 1.11. The summed E-state index contributed by atoms with van der Waals surface area (Å²) in [6.45, 7) is 1.99. The molecule has 2 aromatic carbocycles. The Labute approximate surface area is 140 Å². The molecule has 0 bridgehead atoms. The second-order valence-corrected chi connectivity index (χ2v) is 5.24. The van der Waals surface area contributed by atoms with Crippen LogP contribution in [0.4, 0.5) is 0 Å². The topological polar surface area (TPSA) is 69.0 Å². The van der Waals surface area contributed by atoms with Gasteiger partial charge >= 0.3 is 0 Å². The van der Waals surface area contributed by atoms with Crippen LogP contribution in [0.3, 0.4) is 0 Å². The van der Waals surface area contributed by atoms with E-state index in [2.05, 4.69) is 15.5 Å². The molecule has 0 aliphatic carbocycles. The van der Waals surface area contributed by atoms with E-state index >= 15 is 0 Å². The first kappa shape index (κ1) is 15.7. The number of nitrogens with one attached hydrogen (secondary N) is 1. The van der Waals surface area contributed by atoms with E-state index in [-0.39, 0.29) is 12.5 Å². The summed E-state index contributed by atoms with van der Waals surface area (Å²) in [6, 6.07) is 19.0. The maximum Gasteiger partial charge on any atom is 0.261 e. The molecule has 3 rings (SSSR count). The van der Waals surface area contributed by atoms with Crippen molar-refractivity contribution in [2.24, 2.45) is 0 Å². The summed E-state index contributed by atoms with van der Waals surface area (Å²) < 4.78 is 7.44. The predicted molar refractivity (Wildman–Crippen MR) is 89.7 cm³/mol. The lowest BCUT2D eigenvalue weighted by Crippen LogP contribution is -2.36. The molecule has 6 heteroatoms. The Morgan fingerprint density at radius 3 is 2.50 bits per heavy atom. The number of hydrogen-bond donors (Lipinski definition) is 1. The third-order valence-electron chi connectivity index (χ3n) is 3.50. The summed E-state index contributed by atoms with van der Waals surface area (Å²) in [4.78, 5) is 12.2. The zero-order valence-electron chi connectivity index (χ0n) is 13.3. The Morgan fingerprint density at radius 2 is 1.79 bits per heavy atom. The van der Waals surface area contributed by atoms with Gasteiger partial charge in [-0.2, -0.15) is 0 Å². The minimum Gasteiger partial charge on any atom is -0.481 e. The van der Waals surface area contributed by atoms with Gasteiger partial charge in [0.15, 0.2) is 11.9 Å². The summed E-state index contributed by atoms with van der Waals surface area (Å²) in [5, 5.41) is 10.8. The first-order valence-corrected chi connectivity index (χ1v) is 7.68. The highest BCUT2D eigenvalue weighted by atomic mass is 16.5. The van der Waals surface area contributed by atoms with Crippen molar-refractivity contribution in [3.05, 3.63) is 72.8 Å². The van der Waals surface area contributed by atoms with Crippen molar-refractivity contribution in [2.75, 3.05) is 0 Å². The van der Waals surface area contributed by atoms with E-state index in [0.29, 0.717) is 11.6 Å². The first-order chi connectivity index (χ1) is 11.7. The number of nitrogens with zero attached hydrogens (tertiary/aromatic N) is 3. The van der Waals surface area contributed by atoms with Crippen molar-refractivity contribution >= 4 is 5.91 Å². The molecule has 24 heavy (non-hydrogen) atoms. The molecule has 0 spiro atoms. The Morgan fingerprint density at radius 1 is 1.12 bits per heavy atom. The van der Waals surface area contributed by atoms with E-state index in [0.717, 1.165) is 5.69 Å². The van der Waals surface area contributed by atoms with Gasteiger partial charge in [-0.3, -0.25) is 9.36 Å². The van der Waals surface area contributed by atoms with Gasteiger partial charge in [-0.25, -0.2) is 0 Å². The third kappa shape index (κ3) is 3.78. The third-order valence-corrected chi connectivity index (χ3v) is 3.50. The van der Waals surface area contributed by atoms with Crippen molar-refractivity contribution in [1.82, 2.24) is 20.1 Å². The van der Waals surface area contributed by atoms with Crippen LogP contribution in [0.15, 0.2) is 67.0 Å². The Bertz CT molecular complexity index is 787. The second-order valence-electron chi connectivity index (χ2n) is 5.24. The van der Waals surface area contributed by atoms with Gasteiger partial charge in [-0.1, -0.05) is 36.4 Å². The molecule has 1 atom stereocenters. The second kappa shape index (κ2) is 7.41. The molecule has 0 saturated heterocycles. The van der Waals surface area contributed by atoms with Crippen LogP contribution in [-0.2, 0) is 11.3 Å². The van der Waals surface area contributed by atoms with Crippen molar-refractivity contribution in [3.8, 4) is 11.4 Å². The highest BCUT2D eigenvalue weighted by Crippen LogP contribution is 2.11. The quantitative estimate of drug-likeness (QED) is 0.756. The lowest BCUT2D eigenvalue weighted by Gasteiger charge is -2.14. The van der Waals surface area contributed by atoms with Gasteiger partial charge < -0.3 is 10.1 Å². The highest BCUT2D eigenvalue weighted by Gasteiger charge is 2.15. The van der Waals surface area contributed by atoms with Crippen LogP contribution in [0.25, 0.3) is 5.69 Å². The smallest absolute Gasteiger partial charge is 0.261 e. The van der Waals surface area contributed by atoms with Crippen LogP contribution < -0.4 is 10.1 Å². The molecule has 1 heterocycles. The van der Waals surface area contributed by atoms with Gasteiger partial charge in [0, 0.05) is 5.69 Å². The minimum absolute atomic E-state index is 0.207. The van der Waals surface area contributed by atoms with E-state index in [1.54, 1.807) is 13.3 Å². The number of carbonyl (C=O) groups excluding carboxylic acids is 1. The fourth-order valence-corrected chi connectivity index (χ4v) is 2.25. The SMILES string of the molecule is C[C@H](Oc1ccccc1)C(=O)NCc1nncn1-c1ccccc1. The molecule has 0 unspecified atom stereocenters. The number of carbonyl (C=O) groups is 1. The molecule has 3 aromatic rings. The molecular formula is C18H18N4O2. The van der Waals surface area contributed by atoms with Gasteiger partial charge in [0.05, 0.1) is 6.54 Å². The molecule has 0 aliphatic heterocycles. The monoisotopic (exact) mass is 322 g/mol. The fourth-order valence-electron chi connectivity index (χ4n) is 2.25. The number of rotatable bonds is 6. The Hall–Kier alpha value is -3.15. The Kier molecular flexibility index (Phi) is 4.86. The van der Waals surface area contributed by atoms with Gasteiger partial charge in [0.25, 0.3) is 5.91 Å². The highest BCUT2D eigenvalue weighted by molar-refractivity contribution is 5.80. The normalized spacial score (nSPS) is 11.7. The fraction of sp³-hybridized carbons (Fsp3) is 0.167. The number of benzene rings is 2. The van der Waals surface area contributed by atoms with Crippen molar-refractivity contribution < 1.29 is 9.53 Å². The number of hydrogen-bond acceptors (Lipinski definition) is 4. The van der Waals surface area contributed by atoms with E-state index in [1.807, 2.05) is 65.2 Å². The average molecular weight is 322 g/mol. The molecule has 6 nitrogen and oxygen atoms in total. The van der Waals surface area contributed by atoms with Crippen molar-refractivity contribution in [1.29, 1.82) is 0 Å². The van der Waals surface area contributed by atoms with E-state index in [1.165, 1.54) is 0 Å². The lowest BCUT2D eigenvalue weighted by atomic mass is 10.3. The van der Waals surface area contributed by atoms with E-state index in [4.69, 9.17) is 4.74 Å². The molecule has 0 saturated carbocycles. The number of amides is 1. The number of aromatic nitrogens is 3. The van der Waals surface area contributed by atoms with E-state index < -0.39 is 6.10 Å². The van der Waals surface area contributed by atoms with Gasteiger partial charge in [0.2, 0.25) is 0 Å². The number of para-hydroxylation sites is 2. The molecule has 1 N–H and O–H groups in total. The zero-order valence-corrected chi connectivity index (χ0v) is 13.3. The van der Waals surface area contributed by atoms with E-state index in [9.17, 15) is 4.79 Å². The summed E-state index contributed by atoms with van der Waals surface area (Å²) in [6.07, 6.45) is 1.03. The van der Waals surface area contributed by atoms with Gasteiger partial charge in [-0.15, -0.1) is 10.2 Å². The van der Waals surface area contributed by atoms with Crippen molar-refractivity contribution in [2.45, 2.75) is 19.6 Å². The average Bonchev–Trinajstić information content (AvgIpc) is 3.10. The largest absolute Gasteiger partial charge is 0.481 e. The Balaban J connectivity index is 1.60. The molecule has 122 valence electrons. The minimum atomic E-state index is -0.597. The van der Waals surface area contributed by atoms with Crippen LogP contribution in [0, 0.1) is 0 Å². The summed E-state index contributed by atoms with van der Waals surface area (Å²) >= 11 is 0. The molecule has 1 amide bonds. The summed E-state index contributed by atoms with van der Waals surface area (Å²) in [7, 11) is 0. The lowest BCUT2D eigenvalue weighted by molar-refractivity contribution is -0.127. The van der Waals surface area contributed by atoms with Gasteiger partial charge in [0.1, 0.15) is 12.1 Å². The predicted octanol–water partition coefficient (Wildman–Crippen LogP) is 2.35. The first-order valence-electron chi connectivity index (χ1n) is 7.68. The molecular weight excluding hydrogens is 304 g/mol.